The van der Waals surface area contributed by atoms with Crippen LogP contribution in [-0.2, 0) is 5.33 Å². The molecule has 2 rings (SSSR count). The molecule has 0 bridgehead atoms. The second-order valence-corrected chi connectivity index (χ2v) is 5.56. The highest BCUT2D eigenvalue weighted by molar-refractivity contribution is 9.08. The Labute approximate surface area is 107 Å². The molecule has 1 heterocycles. The number of benzene rings is 1. The normalized spacial score (nSPS) is 20.8. The van der Waals surface area contributed by atoms with E-state index in [0.717, 1.165) is 17.2 Å². The van der Waals surface area contributed by atoms with E-state index in [4.69, 9.17) is 0 Å². The molecule has 0 aliphatic carbocycles. The molecule has 1 saturated heterocycles. The summed E-state index contributed by atoms with van der Waals surface area (Å²) in [5.74, 6) is 1.67. The molecule has 1 aromatic carbocycles. The second-order valence-electron chi connectivity index (χ2n) is 5.00. The molecule has 1 nitrogen and oxygen atoms in total. The number of halogens is 1. The van der Waals surface area contributed by atoms with E-state index in [2.05, 4.69) is 58.9 Å². The molecule has 1 atom stereocenters. The minimum atomic E-state index is 0.807. The van der Waals surface area contributed by atoms with Gasteiger partial charge in [0.1, 0.15) is 0 Å². The molecule has 2 heteroatoms. The van der Waals surface area contributed by atoms with E-state index in [1.807, 2.05) is 0 Å². The van der Waals surface area contributed by atoms with Crippen molar-refractivity contribution in [1.82, 2.24) is 0 Å². The highest BCUT2D eigenvalue weighted by Crippen LogP contribution is 2.31. The molecule has 1 unspecified atom stereocenters. The van der Waals surface area contributed by atoms with Gasteiger partial charge < -0.3 is 4.90 Å². The van der Waals surface area contributed by atoms with Crippen LogP contribution in [0.4, 0.5) is 5.69 Å². The van der Waals surface area contributed by atoms with Crippen molar-refractivity contribution in [3.63, 3.8) is 0 Å². The van der Waals surface area contributed by atoms with Crippen LogP contribution in [0.2, 0.25) is 0 Å². The van der Waals surface area contributed by atoms with Crippen molar-refractivity contribution in [2.24, 2.45) is 11.8 Å². The quantitative estimate of drug-likeness (QED) is 0.756. The summed E-state index contributed by atoms with van der Waals surface area (Å²) in [5.41, 5.74) is 2.83. The van der Waals surface area contributed by atoms with E-state index < -0.39 is 0 Å². The number of para-hydroxylation sites is 1. The maximum Gasteiger partial charge on any atom is 0.0407 e. The summed E-state index contributed by atoms with van der Waals surface area (Å²) < 4.78 is 0. The highest BCUT2D eigenvalue weighted by Gasteiger charge is 2.25. The van der Waals surface area contributed by atoms with Gasteiger partial charge in [-0.1, -0.05) is 48.0 Å². The van der Waals surface area contributed by atoms with Gasteiger partial charge in [0.05, 0.1) is 0 Å². The van der Waals surface area contributed by atoms with Gasteiger partial charge in [0.2, 0.25) is 0 Å². The molecule has 0 N–H and O–H groups in total. The lowest BCUT2D eigenvalue weighted by molar-refractivity contribution is 0.422. The van der Waals surface area contributed by atoms with E-state index in [1.54, 1.807) is 0 Å². The lowest BCUT2D eigenvalue weighted by Crippen LogP contribution is -2.22. The van der Waals surface area contributed by atoms with Crippen LogP contribution in [0.3, 0.4) is 0 Å². The molecular weight excluding hydrogens is 262 g/mol. The van der Waals surface area contributed by atoms with Gasteiger partial charge in [-0.05, 0) is 29.9 Å². The first-order valence-corrected chi connectivity index (χ1v) is 7.23. The molecule has 1 fully saturated rings. The van der Waals surface area contributed by atoms with Gasteiger partial charge >= 0.3 is 0 Å². The van der Waals surface area contributed by atoms with Crippen molar-refractivity contribution in [1.29, 1.82) is 0 Å². The van der Waals surface area contributed by atoms with Gasteiger partial charge in [0, 0.05) is 24.1 Å². The van der Waals surface area contributed by atoms with Gasteiger partial charge in [-0.3, -0.25) is 0 Å². The van der Waals surface area contributed by atoms with Crippen molar-refractivity contribution >= 4 is 21.6 Å². The SMILES string of the molecule is CC(C)C1CCN(c2ccccc2CBr)C1. The Bertz CT molecular complexity index is 348. The van der Waals surface area contributed by atoms with Crippen LogP contribution in [0.15, 0.2) is 24.3 Å². The smallest absolute Gasteiger partial charge is 0.0407 e. The van der Waals surface area contributed by atoms with Crippen LogP contribution in [-0.4, -0.2) is 13.1 Å². The average Bonchev–Trinajstić information content (AvgIpc) is 2.78. The third kappa shape index (κ3) is 2.42. The number of alkyl halides is 1. The van der Waals surface area contributed by atoms with Gasteiger partial charge in [-0.2, -0.15) is 0 Å². The topological polar surface area (TPSA) is 3.24 Å². The molecule has 88 valence electrons. The molecule has 0 saturated carbocycles. The van der Waals surface area contributed by atoms with Crippen molar-refractivity contribution in [2.75, 3.05) is 18.0 Å². The fraction of sp³-hybridized carbons (Fsp3) is 0.571. The summed E-state index contributed by atoms with van der Waals surface area (Å²) in [6.45, 7) is 7.11. The van der Waals surface area contributed by atoms with Crippen molar-refractivity contribution in [3.05, 3.63) is 29.8 Å². The van der Waals surface area contributed by atoms with Gasteiger partial charge in [-0.15, -0.1) is 0 Å². The molecule has 0 radical (unpaired) electrons. The minimum absolute atomic E-state index is 0.807. The average molecular weight is 282 g/mol. The van der Waals surface area contributed by atoms with E-state index in [-0.39, 0.29) is 0 Å². The summed E-state index contributed by atoms with van der Waals surface area (Å²) in [4.78, 5) is 2.54. The van der Waals surface area contributed by atoms with E-state index in [0.29, 0.717) is 0 Å². The van der Waals surface area contributed by atoms with Crippen LogP contribution in [0.5, 0.6) is 0 Å². The zero-order chi connectivity index (χ0) is 11.5. The standard InChI is InChI=1S/C14H20BrN/c1-11(2)13-7-8-16(10-13)14-6-4-3-5-12(14)9-15/h3-6,11,13H,7-10H2,1-2H3. The lowest BCUT2D eigenvalue weighted by Gasteiger charge is -2.22. The fourth-order valence-corrected chi connectivity index (χ4v) is 2.96. The fourth-order valence-electron chi connectivity index (χ4n) is 2.48. The molecule has 1 aliphatic heterocycles. The van der Waals surface area contributed by atoms with Crippen molar-refractivity contribution in [2.45, 2.75) is 25.6 Å². The largest absolute Gasteiger partial charge is 0.371 e. The third-order valence-corrected chi connectivity index (χ3v) is 4.25. The molecule has 0 amide bonds. The molecule has 0 spiro atoms. The number of anilines is 1. The van der Waals surface area contributed by atoms with Gasteiger partial charge in [0.25, 0.3) is 0 Å². The van der Waals surface area contributed by atoms with Crippen LogP contribution >= 0.6 is 15.9 Å². The molecule has 1 aliphatic rings. The lowest BCUT2D eigenvalue weighted by atomic mass is 9.95. The number of hydrogen-bond acceptors (Lipinski definition) is 1. The zero-order valence-corrected chi connectivity index (χ0v) is 11.7. The summed E-state index contributed by atoms with van der Waals surface area (Å²) >= 11 is 3.57. The summed E-state index contributed by atoms with van der Waals surface area (Å²) in [5, 5.41) is 0.950. The van der Waals surface area contributed by atoms with Crippen molar-refractivity contribution in [3.8, 4) is 0 Å². The molecular formula is C14H20BrN. The zero-order valence-electron chi connectivity index (χ0n) is 10.1. The molecule has 1 aromatic rings. The Hall–Kier alpha value is -0.500. The Kier molecular flexibility index (Phi) is 3.91. The summed E-state index contributed by atoms with van der Waals surface area (Å²) in [6.07, 6.45) is 1.34. The summed E-state index contributed by atoms with van der Waals surface area (Å²) in [7, 11) is 0. The summed E-state index contributed by atoms with van der Waals surface area (Å²) in [6, 6.07) is 8.73. The highest BCUT2D eigenvalue weighted by atomic mass is 79.9. The Morgan fingerprint density at radius 1 is 1.38 bits per heavy atom. The van der Waals surface area contributed by atoms with Crippen LogP contribution in [0, 0.1) is 11.8 Å². The molecule has 16 heavy (non-hydrogen) atoms. The van der Waals surface area contributed by atoms with E-state index in [1.165, 1.54) is 30.8 Å². The van der Waals surface area contributed by atoms with E-state index in [9.17, 15) is 0 Å². The van der Waals surface area contributed by atoms with E-state index >= 15 is 0 Å². The maximum atomic E-state index is 3.57. The predicted octanol–water partition coefficient (Wildman–Crippen LogP) is 4.06. The van der Waals surface area contributed by atoms with Crippen LogP contribution in [0.1, 0.15) is 25.8 Å². The third-order valence-electron chi connectivity index (χ3n) is 3.64. The number of rotatable bonds is 3. The van der Waals surface area contributed by atoms with Crippen LogP contribution in [0.25, 0.3) is 0 Å². The Morgan fingerprint density at radius 3 is 2.75 bits per heavy atom. The van der Waals surface area contributed by atoms with Crippen LogP contribution < -0.4 is 4.90 Å². The number of hydrogen-bond donors (Lipinski definition) is 0. The predicted molar refractivity (Wildman–Crippen MR) is 74.2 cm³/mol. The minimum Gasteiger partial charge on any atom is -0.371 e. The molecule has 0 aromatic heterocycles. The Morgan fingerprint density at radius 2 is 2.12 bits per heavy atom. The first-order chi connectivity index (χ1) is 7.72. The van der Waals surface area contributed by atoms with Gasteiger partial charge in [-0.25, -0.2) is 0 Å². The number of nitrogens with zero attached hydrogens (tertiary/aromatic N) is 1. The first-order valence-electron chi connectivity index (χ1n) is 6.11. The maximum absolute atomic E-state index is 3.57. The van der Waals surface area contributed by atoms with Gasteiger partial charge in [0.15, 0.2) is 0 Å². The Balaban J connectivity index is 2.14. The second kappa shape index (κ2) is 5.22. The monoisotopic (exact) mass is 281 g/mol. The first kappa shape index (κ1) is 12.0. The van der Waals surface area contributed by atoms with Crippen molar-refractivity contribution < 1.29 is 0 Å².